The van der Waals surface area contributed by atoms with Crippen LogP contribution in [0.25, 0.3) is 11.3 Å². The van der Waals surface area contributed by atoms with Gasteiger partial charge in [0, 0.05) is 23.8 Å². The molecule has 0 aliphatic rings. The minimum absolute atomic E-state index is 0.526. The third kappa shape index (κ3) is 2.76. The molecule has 0 fully saturated rings. The van der Waals surface area contributed by atoms with Crippen molar-refractivity contribution in [1.29, 1.82) is 0 Å². The largest absolute Gasteiger partial charge is 0.496 e. The van der Waals surface area contributed by atoms with Gasteiger partial charge in [-0.05, 0) is 19.1 Å². The van der Waals surface area contributed by atoms with Gasteiger partial charge in [-0.2, -0.15) is 0 Å². The minimum atomic E-state index is 0.526. The molecule has 0 bridgehead atoms. The van der Waals surface area contributed by atoms with Gasteiger partial charge < -0.3 is 9.53 Å². The Hall–Kier alpha value is -1.68. The number of thiazole rings is 1. The summed E-state index contributed by atoms with van der Waals surface area (Å²) in [6, 6.07) is 6.04. The van der Waals surface area contributed by atoms with Crippen molar-refractivity contribution in [2.45, 2.75) is 19.8 Å². The molecule has 1 aromatic carbocycles. The van der Waals surface area contributed by atoms with Crippen LogP contribution in [0.15, 0.2) is 23.6 Å². The number of hydrogen-bond donors (Lipinski definition) is 0. The highest BCUT2D eigenvalue weighted by Gasteiger charge is 2.10. The van der Waals surface area contributed by atoms with E-state index in [1.165, 1.54) is 5.56 Å². The molecule has 0 saturated carbocycles. The van der Waals surface area contributed by atoms with Crippen molar-refractivity contribution in [3.63, 3.8) is 0 Å². The van der Waals surface area contributed by atoms with Crippen LogP contribution in [-0.4, -0.2) is 18.4 Å². The molecule has 94 valence electrons. The monoisotopic (exact) mass is 261 g/mol. The van der Waals surface area contributed by atoms with Gasteiger partial charge >= 0.3 is 0 Å². The summed E-state index contributed by atoms with van der Waals surface area (Å²) in [6.45, 7) is 2.04. The van der Waals surface area contributed by atoms with Gasteiger partial charge in [0.05, 0.1) is 17.8 Å². The summed E-state index contributed by atoms with van der Waals surface area (Å²) >= 11 is 1.58. The first kappa shape index (κ1) is 12.8. The molecule has 0 aliphatic carbocycles. The maximum Gasteiger partial charge on any atom is 0.128 e. The number of carbonyl (C=O) groups excluding carboxylic acids is 1. The van der Waals surface area contributed by atoms with Gasteiger partial charge in [0.15, 0.2) is 0 Å². The van der Waals surface area contributed by atoms with E-state index in [2.05, 4.69) is 11.1 Å². The SMILES string of the molecule is COc1ccc(C)cc1-c1csc(CCC=O)n1. The molecule has 0 saturated heterocycles. The highest BCUT2D eigenvalue weighted by Crippen LogP contribution is 2.31. The summed E-state index contributed by atoms with van der Waals surface area (Å²) < 4.78 is 5.35. The zero-order chi connectivity index (χ0) is 13.0. The van der Waals surface area contributed by atoms with E-state index >= 15 is 0 Å². The lowest BCUT2D eigenvalue weighted by molar-refractivity contribution is -0.107. The summed E-state index contributed by atoms with van der Waals surface area (Å²) in [5.41, 5.74) is 3.10. The Morgan fingerprint density at radius 3 is 3.00 bits per heavy atom. The van der Waals surface area contributed by atoms with Crippen molar-refractivity contribution in [3.05, 3.63) is 34.2 Å². The maximum atomic E-state index is 10.4. The highest BCUT2D eigenvalue weighted by atomic mass is 32.1. The number of aryl methyl sites for hydroxylation is 2. The van der Waals surface area contributed by atoms with E-state index in [1.807, 2.05) is 24.4 Å². The first-order valence-electron chi connectivity index (χ1n) is 5.77. The molecule has 0 radical (unpaired) electrons. The zero-order valence-electron chi connectivity index (χ0n) is 10.5. The predicted molar refractivity (Wildman–Crippen MR) is 73.2 cm³/mol. The first-order valence-corrected chi connectivity index (χ1v) is 6.65. The van der Waals surface area contributed by atoms with Crippen molar-refractivity contribution in [1.82, 2.24) is 4.98 Å². The molecule has 2 rings (SSSR count). The van der Waals surface area contributed by atoms with Gasteiger partial charge in [-0.3, -0.25) is 0 Å². The fourth-order valence-corrected chi connectivity index (χ4v) is 2.57. The molecular formula is C14H15NO2S. The van der Waals surface area contributed by atoms with Gasteiger partial charge in [-0.25, -0.2) is 4.98 Å². The second-order valence-corrected chi connectivity index (χ2v) is 4.98. The van der Waals surface area contributed by atoms with Crippen LogP contribution >= 0.6 is 11.3 Å². The number of rotatable bonds is 5. The molecule has 4 heteroatoms. The molecular weight excluding hydrogens is 246 g/mol. The van der Waals surface area contributed by atoms with E-state index in [0.29, 0.717) is 12.8 Å². The lowest BCUT2D eigenvalue weighted by atomic mass is 10.1. The fourth-order valence-electron chi connectivity index (χ4n) is 1.75. The predicted octanol–water partition coefficient (Wildman–Crippen LogP) is 3.26. The smallest absolute Gasteiger partial charge is 0.128 e. The Kier molecular flexibility index (Phi) is 4.10. The molecule has 0 spiro atoms. The van der Waals surface area contributed by atoms with Crippen molar-refractivity contribution < 1.29 is 9.53 Å². The van der Waals surface area contributed by atoms with Crippen LogP contribution in [0.2, 0.25) is 0 Å². The van der Waals surface area contributed by atoms with Crippen molar-refractivity contribution in [3.8, 4) is 17.0 Å². The second kappa shape index (κ2) is 5.78. The fraction of sp³-hybridized carbons (Fsp3) is 0.286. The lowest BCUT2D eigenvalue weighted by Gasteiger charge is -2.06. The van der Waals surface area contributed by atoms with Crippen molar-refractivity contribution in [2.75, 3.05) is 7.11 Å². The Bertz CT molecular complexity index is 548. The summed E-state index contributed by atoms with van der Waals surface area (Å²) in [5, 5.41) is 3.00. The number of methoxy groups -OCH3 is 1. The molecule has 0 aliphatic heterocycles. The van der Waals surface area contributed by atoms with E-state index in [0.717, 1.165) is 28.3 Å². The van der Waals surface area contributed by atoms with Crippen LogP contribution in [-0.2, 0) is 11.2 Å². The van der Waals surface area contributed by atoms with E-state index < -0.39 is 0 Å². The number of nitrogens with zero attached hydrogens (tertiary/aromatic N) is 1. The quantitative estimate of drug-likeness (QED) is 0.775. The number of aromatic nitrogens is 1. The van der Waals surface area contributed by atoms with Crippen LogP contribution in [0, 0.1) is 6.92 Å². The van der Waals surface area contributed by atoms with Gasteiger partial charge in [-0.1, -0.05) is 11.6 Å². The van der Waals surface area contributed by atoms with E-state index in [-0.39, 0.29) is 0 Å². The summed E-state index contributed by atoms with van der Waals surface area (Å²) in [7, 11) is 1.66. The number of benzene rings is 1. The van der Waals surface area contributed by atoms with Crippen molar-refractivity contribution >= 4 is 17.6 Å². The van der Waals surface area contributed by atoms with E-state index in [1.54, 1.807) is 18.4 Å². The normalized spacial score (nSPS) is 10.3. The summed E-state index contributed by atoms with van der Waals surface area (Å²) in [5.74, 6) is 0.827. The third-order valence-electron chi connectivity index (χ3n) is 2.66. The average molecular weight is 261 g/mol. The molecule has 3 nitrogen and oxygen atoms in total. The van der Waals surface area contributed by atoms with Crippen LogP contribution in [0.4, 0.5) is 0 Å². The first-order chi connectivity index (χ1) is 8.74. The zero-order valence-corrected chi connectivity index (χ0v) is 11.3. The molecule has 0 unspecified atom stereocenters. The average Bonchev–Trinajstić information content (AvgIpc) is 2.85. The molecule has 0 amide bonds. The Labute approximate surface area is 110 Å². The number of aldehydes is 1. The standard InChI is InChI=1S/C14H15NO2S/c1-10-5-6-13(17-2)11(8-10)12-9-18-14(15-12)4-3-7-16/h5-9H,3-4H2,1-2H3. The summed E-state index contributed by atoms with van der Waals surface area (Å²) in [6.07, 6.45) is 2.16. The molecule has 0 atom stereocenters. The number of carbonyl (C=O) groups is 1. The molecule has 2 aromatic rings. The van der Waals surface area contributed by atoms with E-state index in [9.17, 15) is 4.79 Å². The Morgan fingerprint density at radius 1 is 1.44 bits per heavy atom. The molecule has 1 aromatic heterocycles. The van der Waals surface area contributed by atoms with E-state index in [4.69, 9.17) is 4.74 Å². The Balaban J connectivity index is 2.32. The van der Waals surface area contributed by atoms with Gasteiger partial charge in [0.25, 0.3) is 0 Å². The van der Waals surface area contributed by atoms with Gasteiger partial charge in [0.1, 0.15) is 12.0 Å². The second-order valence-electron chi connectivity index (χ2n) is 4.04. The van der Waals surface area contributed by atoms with Crippen LogP contribution in [0.3, 0.4) is 0 Å². The summed E-state index contributed by atoms with van der Waals surface area (Å²) in [4.78, 5) is 14.9. The third-order valence-corrected chi connectivity index (χ3v) is 3.57. The van der Waals surface area contributed by atoms with Crippen LogP contribution in [0.5, 0.6) is 5.75 Å². The number of hydrogen-bond acceptors (Lipinski definition) is 4. The molecule has 18 heavy (non-hydrogen) atoms. The molecule has 1 heterocycles. The topological polar surface area (TPSA) is 39.2 Å². The van der Waals surface area contributed by atoms with Crippen molar-refractivity contribution in [2.24, 2.45) is 0 Å². The van der Waals surface area contributed by atoms with Gasteiger partial charge in [-0.15, -0.1) is 11.3 Å². The van der Waals surface area contributed by atoms with Crippen LogP contribution < -0.4 is 4.74 Å². The van der Waals surface area contributed by atoms with Crippen LogP contribution in [0.1, 0.15) is 17.0 Å². The number of ether oxygens (including phenoxy) is 1. The lowest BCUT2D eigenvalue weighted by Crippen LogP contribution is -1.90. The Morgan fingerprint density at radius 2 is 2.28 bits per heavy atom. The van der Waals surface area contributed by atoms with Gasteiger partial charge in [0.2, 0.25) is 0 Å². The minimum Gasteiger partial charge on any atom is -0.496 e. The highest BCUT2D eigenvalue weighted by molar-refractivity contribution is 7.09. The molecule has 0 N–H and O–H groups in total. The maximum absolute atomic E-state index is 10.4.